The average molecular weight is 469 g/mol. The number of aromatic nitrogens is 1. The Morgan fingerprint density at radius 3 is 2.80 bits per heavy atom. The largest absolute Gasteiger partial charge is 0.359 e. The van der Waals surface area contributed by atoms with Gasteiger partial charge in [-0.3, -0.25) is 4.98 Å². The van der Waals surface area contributed by atoms with Crippen LogP contribution in [0.25, 0.3) is 10.8 Å². The molecule has 2 saturated carbocycles. The van der Waals surface area contributed by atoms with E-state index in [1.165, 1.54) is 66.9 Å². The fraction of sp³-hybridized carbons (Fsp3) is 0.594. The van der Waals surface area contributed by atoms with Crippen molar-refractivity contribution in [2.75, 3.05) is 0 Å². The lowest BCUT2D eigenvalue weighted by Gasteiger charge is -2.54. The van der Waals surface area contributed by atoms with E-state index < -0.39 is 0 Å². The van der Waals surface area contributed by atoms with Gasteiger partial charge in [-0.15, -0.1) is 0 Å². The minimum Gasteiger partial charge on any atom is -0.359 e. The van der Waals surface area contributed by atoms with Crippen LogP contribution in [-0.2, 0) is 4.74 Å². The topological polar surface area (TPSA) is 34.2 Å². The first-order valence-corrected chi connectivity index (χ1v) is 13.9. The maximum atomic E-state index is 7.47. The fourth-order valence-corrected chi connectivity index (χ4v) is 9.01. The molecule has 2 aromatic rings. The van der Waals surface area contributed by atoms with Gasteiger partial charge in [-0.1, -0.05) is 31.2 Å². The molecule has 5 aliphatic rings. The van der Waals surface area contributed by atoms with E-state index in [2.05, 4.69) is 74.4 Å². The van der Waals surface area contributed by atoms with Crippen LogP contribution in [0.15, 0.2) is 60.0 Å². The summed E-state index contributed by atoms with van der Waals surface area (Å²) in [7, 11) is 0. The van der Waals surface area contributed by atoms with Crippen LogP contribution >= 0.6 is 0 Å². The molecule has 2 spiro atoms. The van der Waals surface area contributed by atoms with Crippen molar-refractivity contribution < 1.29 is 4.74 Å². The van der Waals surface area contributed by atoms with Crippen molar-refractivity contribution in [1.29, 1.82) is 0 Å². The zero-order valence-corrected chi connectivity index (χ0v) is 21.9. The van der Waals surface area contributed by atoms with Crippen molar-refractivity contribution >= 4 is 10.8 Å². The molecular formula is C32H40N2O. The molecule has 35 heavy (non-hydrogen) atoms. The van der Waals surface area contributed by atoms with Gasteiger partial charge in [0, 0.05) is 29.4 Å². The molecule has 2 aliphatic heterocycles. The third-order valence-electron chi connectivity index (χ3n) is 10.4. The second kappa shape index (κ2) is 7.29. The Morgan fingerprint density at radius 2 is 1.94 bits per heavy atom. The van der Waals surface area contributed by atoms with E-state index in [0.29, 0.717) is 17.9 Å². The highest BCUT2D eigenvalue weighted by molar-refractivity contribution is 5.82. The summed E-state index contributed by atoms with van der Waals surface area (Å²) in [6, 6.07) is 9.77. The molecule has 0 amide bonds. The van der Waals surface area contributed by atoms with Gasteiger partial charge in [-0.05, 0) is 124 Å². The lowest BCUT2D eigenvalue weighted by molar-refractivity contribution is -0.136. The number of pyridine rings is 1. The summed E-state index contributed by atoms with van der Waals surface area (Å²) in [4.78, 5) is 4.39. The zero-order valence-electron chi connectivity index (χ0n) is 21.9. The Kier molecular flexibility index (Phi) is 4.64. The van der Waals surface area contributed by atoms with Gasteiger partial charge in [-0.25, -0.2) is 0 Å². The van der Waals surface area contributed by atoms with Crippen LogP contribution in [0.2, 0.25) is 0 Å². The van der Waals surface area contributed by atoms with Crippen molar-refractivity contribution in [3.8, 4) is 0 Å². The smallest absolute Gasteiger partial charge is 0.0974 e. The molecule has 2 bridgehead atoms. The predicted molar refractivity (Wildman–Crippen MR) is 142 cm³/mol. The second-order valence-corrected chi connectivity index (χ2v) is 13.5. The minimum atomic E-state index is -0.0761. The van der Waals surface area contributed by atoms with Crippen LogP contribution in [-0.4, -0.2) is 27.8 Å². The van der Waals surface area contributed by atoms with Gasteiger partial charge in [0.15, 0.2) is 0 Å². The number of ether oxygens (including phenoxy) is 1. The van der Waals surface area contributed by atoms with Crippen LogP contribution in [0.3, 0.4) is 0 Å². The molecular weight excluding hydrogens is 428 g/mol. The van der Waals surface area contributed by atoms with Crippen LogP contribution in [0.1, 0.15) is 90.5 Å². The molecule has 7 rings (SSSR count). The normalized spacial score (nSPS) is 40.1. The minimum absolute atomic E-state index is 0.0382. The Morgan fingerprint density at radius 1 is 1.06 bits per heavy atom. The van der Waals surface area contributed by atoms with Gasteiger partial charge in [-0.2, -0.15) is 0 Å². The summed E-state index contributed by atoms with van der Waals surface area (Å²) in [5.41, 5.74) is 4.88. The first-order valence-electron chi connectivity index (χ1n) is 13.9. The monoisotopic (exact) mass is 468 g/mol. The van der Waals surface area contributed by atoms with Crippen LogP contribution in [0.4, 0.5) is 0 Å². The highest BCUT2D eigenvalue weighted by Crippen LogP contribution is 2.69. The van der Waals surface area contributed by atoms with Crippen molar-refractivity contribution in [3.63, 3.8) is 0 Å². The molecule has 3 heterocycles. The first-order chi connectivity index (χ1) is 16.7. The molecule has 1 saturated heterocycles. The second-order valence-electron chi connectivity index (χ2n) is 13.5. The number of nitrogens with one attached hydrogen (secondary N) is 1. The lowest BCUT2D eigenvalue weighted by atomic mass is 9.58. The summed E-state index contributed by atoms with van der Waals surface area (Å²) >= 11 is 0. The molecule has 1 aromatic heterocycles. The Labute approximate surface area is 210 Å². The van der Waals surface area contributed by atoms with Crippen LogP contribution in [0, 0.1) is 11.3 Å². The standard InChI is InChI=1S/C32H40N2O/c1-29(2,3)34-26-8-7-24-18-25-11-13-30(4)27(22-6-5-21-12-16-33-20-23(21)17-22)9-10-28(30)32(25)15-14-31(24,19-26)35-32/h5-6,11-12,16-18,20,26-28,34H,7-10,13-15,19H2,1-4H3/t26-,27+,28+,30+,31+,32+/m0/s1. The fourth-order valence-electron chi connectivity index (χ4n) is 9.01. The third kappa shape index (κ3) is 3.20. The molecule has 3 aliphatic carbocycles. The summed E-state index contributed by atoms with van der Waals surface area (Å²) in [6.45, 7) is 9.46. The SMILES string of the molecule is CC(C)(C)N[C@H]1CCC2=CC3=CC[C@]4(C)[C@@H](c5ccc6ccncc6c5)CC[C@H]4[C@@]34CC[C@]2(C1)O4. The van der Waals surface area contributed by atoms with Gasteiger partial charge in [0.1, 0.15) is 0 Å². The van der Waals surface area contributed by atoms with Crippen LogP contribution in [0.5, 0.6) is 0 Å². The highest BCUT2D eigenvalue weighted by atomic mass is 16.5. The molecule has 3 fully saturated rings. The number of fused-ring (bicyclic) bond motifs is 2. The van der Waals surface area contributed by atoms with E-state index in [9.17, 15) is 0 Å². The molecule has 1 N–H and O–H groups in total. The Hall–Kier alpha value is -1.97. The molecule has 0 radical (unpaired) electrons. The Balaban J connectivity index is 1.24. The van der Waals surface area contributed by atoms with Crippen molar-refractivity contribution in [2.24, 2.45) is 11.3 Å². The first kappa shape index (κ1) is 22.2. The number of hydrogen-bond donors (Lipinski definition) is 1. The summed E-state index contributed by atoms with van der Waals surface area (Å²) in [5, 5.41) is 6.46. The summed E-state index contributed by atoms with van der Waals surface area (Å²) in [5.74, 6) is 1.18. The summed E-state index contributed by atoms with van der Waals surface area (Å²) < 4.78 is 7.47. The number of rotatable bonds is 2. The predicted octanol–water partition coefficient (Wildman–Crippen LogP) is 7.23. The van der Waals surface area contributed by atoms with E-state index >= 15 is 0 Å². The van der Waals surface area contributed by atoms with Gasteiger partial charge in [0.25, 0.3) is 0 Å². The van der Waals surface area contributed by atoms with E-state index in [1.807, 2.05) is 12.4 Å². The third-order valence-corrected chi connectivity index (χ3v) is 10.4. The molecule has 3 nitrogen and oxygen atoms in total. The van der Waals surface area contributed by atoms with Gasteiger partial charge in [0.2, 0.25) is 0 Å². The van der Waals surface area contributed by atoms with Gasteiger partial charge < -0.3 is 10.1 Å². The van der Waals surface area contributed by atoms with Crippen molar-refractivity contribution in [1.82, 2.24) is 10.3 Å². The van der Waals surface area contributed by atoms with E-state index in [-0.39, 0.29) is 22.2 Å². The lowest BCUT2D eigenvalue weighted by Crippen LogP contribution is -2.56. The molecule has 184 valence electrons. The zero-order chi connectivity index (χ0) is 24.1. The van der Waals surface area contributed by atoms with Crippen molar-refractivity contribution in [3.05, 3.63) is 65.5 Å². The maximum absolute atomic E-state index is 7.47. The quantitative estimate of drug-likeness (QED) is 0.505. The molecule has 1 aromatic carbocycles. The Bertz CT molecular complexity index is 1250. The number of nitrogens with zero attached hydrogens (tertiary/aromatic N) is 1. The maximum Gasteiger partial charge on any atom is 0.0974 e. The highest BCUT2D eigenvalue weighted by Gasteiger charge is 2.66. The summed E-state index contributed by atoms with van der Waals surface area (Å²) in [6.07, 6.45) is 18.7. The van der Waals surface area contributed by atoms with Gasteiger partial charge in [0.05, 0.1) is 11.2 Å². The van der Waals surface area contributed by atoms with Crippen LogP contribution < -0.4 is 5.32 Å². The van der Waals surface area contributed by atoms with E-state index in [4.69, 9.17) is 4.74 Å². The number of allylic oxidation sites excluding steroid dienone is 1. The average Bonchev–Trinajstić information content (AvgIpc) is 3.33. The molecule has 3 heteroatoms. The van der Waals surface area contributed by atoms with E-state index in [0.717, 1.165) is 6.42 Å². The van der Waals surface area contributed by atoms with Crippen molar-refractivity contribution in [2.45, 2.75) is 108 Å². The molecule has 6 atom stereocenters. The van der Waals surface area contributed by atoms with E-state index in [1.54, 1.807) is 5.57 Å². The number of hydrogen-bond acceptors (Lipinski definition) is 3. The number of benzene rings is 1. The molecule has 0 unspecified atom stereocenters. The van der Waals surface area contributed by atoms with Gasteiger partial charge >= 0.3 is 0 Å².